The first-order valence-electron chi connectivity index (χ1n) is 5.25. The van der Waals surface area contributed by atoms with Gasteiger partial charge in [-0.25, -0.2) is 4.39 Å². The van der Waals surface area contributed by atoms with E-state index in [-0.39, 0.29) is 11.7 Å². The van der Waals surface area contributed by atoms with Crippen molar-refractivity contribution in [1.82, 2.24) is 0 Å². The SMILES string of the molecule is NCCN1CCC(=O)Nc2cc(F)ccc21. The highest BCUT2D eigenvalue weighted by Crippen LogP contribution is 2.29. The molecule has 1 aromatic rings. The molecule has 0 fully saturated rings. The molecule has 1 aliphatic heterocycles. The lowest BCUT2D eigenvalue weighted by atomic mass is 10.2. The number of hydrogen-bond donors (Lipinski definition) is 2. The third-order valence-corrected chi connectivity index (χ3v) is 2.58. The van der Waals surface area contributed by atoms with Gasteiger partial charge in [0.1, 0.15) is 5.82 Å². The molecule has 1 aromatic carbocycles. The van der Waals surface area contributed by atoms with Gasteiger partial charge in [-0.3, -0.25) is 4.79 Å². The van der Waals surface area contributed by atoms with E-state index in [1.54, 1.807) is 6.07 Å². The van der Waals surface area contributed by atoms with Gasteiger partial charge in [-0.15, -0.1) is 0 Å². The molecule has 0 aliphatic carbocycles. The largest absolute Gasteiger partial charge is 0.368 e. The van der Waals surface area contributed by atoms with E-state index in [2.05, 4.69) is 5.32 Å². The van der Waals surface area contributed by atoms with Crippen LogP contribution in [0.25, 0.3) is 0 Å². The van der Waals surface area contributed by atoms with E-state index in [9.17, 15) is 9.18 Å². The summed E-state index contributed by atoms with van der Waals surface area (Å²) in [5.74, 6) is -0.444. The highest BCUT2D eigenvalue weighted by atomic mass is 19.1. The Balaban J connectivity index is 2.38. The van der Waals surface area contributed by atoms with Gasteiger partial charge in [0.05, 0.1) is 11.4 Å². The fourth-order valence-electron chi connectivity index (χ4n) is 1.84. The van der Waals surface area contributed by atoms with Crippen LogP contribution in [0.5, 0.6) is 0 Å². The molecule has 0 unspecified atom stereocenters. The molecular weight excluding hydrogens is 209 g/mol. The quantitative estimate of drug-likeness (QED) is 0.784. The Morgan fingerprint density at radius 1 is 1.50 bits per heavy atom. The van der Waals surface area contributed by atoms with Crippen LogP contribution < -0.4 is 16.0 Å². The van der Waals surface area contributed by atoms with Crippen LogP contribution in [0.1, 0.15) is 6.42 Å². The molecule has 3 N–H and O–H groups in total. The van der Waals surface area contributed by atoms with Gasteiger partial charge in [0.2, 0.25) is 5.91 Å². The minimum atomic E-state index is -0.353. The van der Waals surface area contributed by atoms with E-state index in [1.807, 2.05) is 4.90 Å². The van der Waals surface area contributed by atoms with Gasteiger partial charge in [0, 0.05) is 26.1 Å². The Labute approximate surface area is 93.2 Å². The molecule has 1 heterocycles. The number of carbonyl (C=O) groups excluding carboxylic acids is 1. The van der Waals surface area contributed by atoms with Gasteiger partial charge >= 0.3 is 0 Å². The van der Waals surface area contributed by atoms with Crippen molar-refractivity contribution < 1.29 is 9.18 Å². The van der Waals surface area contributed by atoms with Crippen LogP contribution in [0.4, 0.5) is 15.8 Å². The second kappa shape index (κ2) is 4.49. The summed E-state index contributed by atoms with van der Waals surface area (Å²) in [6.45, 7) is 1.78. The molecule has 0 bridgehead atoms. The van der Waals surface area contributed by atoms with Crippen molar-refractivity contribution in [2.45, 2.75) is 6.42 Å². The summed E-state index contributed by atoms with van der Waals surface area (Å²) in [7, 11) is 0. The van der Waals surface area contributed by atoms with Crippen molar-refractivity contribution in [2.75, 3.05) is 29.9 Å². The molecule has 86 valence electrons. The third-order valence-electron chi connectivity index (χ3n) is 2.58. The maximum absolute atomic E-state index is 13.1. The zero-order chi connectivity index (χ0) is 11.5. The van der Waals surface area contributed by atoms with Crippen LogP contribution >= 0.6 is 0 Å². The average Bonchev–Trinajstić information content (AvgIpc) is 2.38. The van der Waals surface area contributed by atoms with Crippen molar-refractivity contribution in [1.29, 1.82) is 0 Å². The fourth-order valence-corrected chi connectivity index (χ4v) is 1.84. The lowest BCUT2D eigenvalue weighted by Crippen LogP contribution is -2.30. The van der Waals surface area contributed by atoms with Gasteiger partial charge in [-0.1, -0.05) is 0 Å². The Morgan fingerprint density at radius 2 is 2.31 bits per heavy atom. The highest BCUT2D eigenvalue weighted by Gasteiger charge is 2.18. The third kappa shape index (κ3) is 2.14. The van der Waals surface area contributed by atoms with Crippen molar-refractivity contribution in [3.8, 4) is 0 Å². The minimum absolute atomic E-state index is 0.0913. The van der Waals surface area contributed by atoms with E-state index in [0.29, 0.717) is 31.7 Å². The number of nitrogens with one attached hydrogen (secondary N) is 1. The molecule has 0 saturated heterocycles. The van der Waals surface area contributed by atoms with E-state index in [0.717, 1.165) is 5.69 Å². The second-order valence-corrected chi connectivity index (χ2v) is 3.74. The number of halogens is 1. The molecule has 4 nitrogen and oxygen atoms in total. The van der Waals surface area contributed by atoms with Crippen LogP contribution in [0, 0.1) is 5.82 Å². The molecule has 0 saturated carbocycles. The molecule has 0 spiro atoms. The molecule has 5 heteroatoms. The number of carbonyl (C=O) groups is 1. The monoisotopic (exact) mass is 223 g/mol. The van der Waals surface area contributed by atoms with Crippen molar-refractivity contribution >= 4 is 17.3 Å². The number of fused-ring (bicyclic) bond motifs is 1. The highest BCUT2D eigenvalue weighted by molar-refractivity contribution is 5.96. The number of benzene rings is 1. The topological polar surface area (TPSA) is 58.4 Å². The van der Waals surface area contributed by atoms with Crippen LogP contribution in [0.15, 0.2) is 18.2 Å². The number of nitrogens with two attached hydrogens (primary N) is 1. The average molecular weight is 223 g/mol. The summed E-state index contributed by atoms with van der Waals surface area (Å²) < 4.78 is 13.1. The molecule has 2 rings (SSSR count). The predicted molar refractivity (Wildman–Crippen MR) is 60.9 cm³/mol. The molecule has 16 heavy (non-hydrogen) atoms. The van der Waals surface area contributed by atoms with Gasteiger partial charge < -0.3 is 16.0 Å². The Kier molecular flexibility index (Phi) is 3.05. The van der Waals surface area contributed by atoms with E-state index in [4.69, 9.17) is 5.73 Å². The number of nitrogens with zero attached hydrogens (tertiary/aromatic N) is 1. The number of amides is 1. The maximum Gasteiger partial charge on any atom is 0.226 e. The standard InChI is InChI=1S/C11H14FN3O/c12-8-1-2-10-9(7-8)14-11(16)3-5-15(10)6-4-13/h1-2,7H,3-6,13H2,(H,14,16). The summed E-state index contributed by atoms with van der Waals surface area (Å²) in [5.41, 5.74) is 6.87. The van der Waals surface area contributed by atoms with Crippen molar-refractivity contribution in [2.24, 2.45) is 5.73 Å². The fraction of sp³-hybridized carbons (Fsp3) is 0.364. The Bertz CT molecular complexity index is 408. The van der Waals surface area contributed by atoms with E-state index in [1.165, 1.54) is 12.1 Å². The first kappa shape index (κ1) is 10.9. The summed E-state index contributed by atoms with van der Waals surface area (Å²) >= 11 is 0. The summed E-state index contributed by atoms with van der Waals surface area (Å²) in [4.78, 5) is 13.4. The van der Waals surface area contributed by atoms with Gasteiger partial charge in [0.25, 0.3) is 0 Å². The van der Waals surface area contributed by atoms with Gasteiger partial charge in [-0.2, -0.15) is 0 Å². The first-order chi connectivity index (χ1) is 7.70. The van der Waals surface area contributed by atoms with Crippen LogP contribution in [0.2, 0.25) is 0 Å². The van der Waals surface area contributed by atoms with Gasteiger partial charge in [-0.05, 0) is 18.2 Å². The summed E-state index contributed by atoms with van der Waals surface area (Å²) in [6, 6.07) is 4.40. The second-order valence-electron chi connectivity index (χ2n) is 3.74. The van der Waals surface area contributed by atoms with E-state index < -0.39 is 0 Å². The lowest BCUT2D eigenvalue weighted by Gasteiger charge is -2.23. The maximum atomic E-state index is 13.1. The number of rotatable bonds is 2. The zero-order valence-corrected chi connectivity index (χ0v) is 8.87. The van der Waals surface area contributed by atoms with Crippen LogP contribution in [-0.2, 0) is 4.79 Å². The van der Waals surface area contributed by atoms with E-state index >= 15 is 0 Å². The van der Waals surface area contributed by atoms with Crippen molar-refractivity contribution in [3.63, 3.8) is 0 Å². The molecular formula is C11H14FN3O. The Morgan fingerprint density at radius 3 is 3.06 bits per heavy atom. The summed E-state index contributed by atoms with van der Waals surface area (Å²) in [6.07, 6.45) is 0.399. The van der Waals surface area contributed by atoms with Crippen LogP contribution in [0.3, 0.4) is 0 Å². The van der Waals surface area contributed by atoms with Crippen LogP contribution in [-0.4, -0.2) is 25.5 Å². The molecule has 0 radical (unpaired) electrons. The minimum Gasteiger partial charge on any atom is -0.368 e. The predicted octanol–water partition coefficient (Wildman–Crippen LogP) is 0.933. The molecule has 1 amide bonds. The normalized spacial score (nSPS) is 15.4. The summed E-state index contributed by atoms with van der Waals surface area (Å²) in [5, 5.41) is 2.69. The van der Waals surface area contributed by atoms with Gasteiger partial charge in [0.15, 0.2) is 0 Å². The number of anilines is 2. The molecule has 1 aliphatic rings. The zero-order valence-electron chi connectivity index (χ0n) is 8.87. The Hall–Kier alpha value is -1.62. The first-order valence-corrected chi connectivity index (χ1v) is 5.25. The lowest BCUT2D eigenvalue weighted by molar-refractivity contribution is -0.115. The smallest absolute Gasteiger partial charge is 0.226 e. The van der Waals surface area contributed by atoms with Crippen molar-refractivity contribution in [3.05, 3.63) is 24.0 Å². The molecule has 0 aromatic heterocycles. The number of hydrogen-bond acceptors (Lipinski definition) is 3. The molecule has 0 atom stereocenters.